The molecule has 0 spiro atoms. The molecule has 1 aliphatic rings. The minimum Gasteiger partial charge on any atom is -0.457 e. The first-order chi connectivity index (χ1) is 32.2. The van der Waals surface area contributed by atoms with Crippen LogP contribution in [-0.4, -0.2) is 0 Å². The lowest BCUT2D eigenvalue weighted by atomic mass is 9.67. The third-order valence-electron chi connectivity index (χ3n) is 12.8. The largest absolute Gasteiger partial charge is 0.457 e. The number of benzene rings is 10. The predicted octanol–water partition coefficient (Wildman–Crippen LogP) is 17.0. The molecule has 0 radical (unpaired) electrons. The molecule has 1 atom stereocenters. The average Bonchev–Trinajstić information content (AvgIpc) is 3.68. The quantitative estimate of drug-likeness (QED) is 0.129. The molecule has 2 heteroatoms. The number of anilines is 3. The summed E-state index contributed by atoms with van der Waals surface area (Å²) in [6, 6.07) is 91.4. The van der Waals surface area contributed by atoms with Crippen molar-refractivity contribution in [2.24, 2.45) is 0 Å². The highest BCUT2D eigenvalue weighted by Crippen LogP contribution is 2.57. The Bertz CT molecular complexity index is 3150. The van der Waals surface area contributed by atoms with E-state index >= 15 is 0 Å². The van der Waals surface area contributed by atoms with Gasteiger partial charge in [-0.05, 0) is 139 Å². The summed E-state index contributed by atoms with van der Waals surface area (Å²) in [5.74, 6) is 1.58. The van der Waals surface area contributed by atoms with Crippen LogP contribution in [0, 0.1) is 0 Å². The molecule has 0 fully saturated rings. The van der Waals surface area contributed by atoms with Gasteiger partial charge in [-0.3, -0.25) is 0 Å². The monoisotopic (exact) mass is 831 g/mol. The van der Waals surface area contributed by atoms with Crippen LogP contribution in [0.4, 0.5) is 17.1 Å². The zero-order valence-corrected chi connectivity index (χ0v) is 35.9. The van der Waals surface area contributed by atoms with Crippen molar-refractivity contribution in [2.45, 2.75) is 5.41 Å². The summed E-state index contributed by atoms with van der Waals surface area (Å²) in [6.07, 6.45) is 1.84. The van der Waals surface area contributed by atoms with Gasteiger partial charge in [-0.15, -0.1) is 0 Å². The number of rotatable bonds is 11. The average molecular weight is 832 g/mol. The highest BCUT2D eigenvalue weighted by atomic mass is 16.5. The van der Waals surface area contributed by atoms with E-state index in [1.807, 2.05) is 30.3 Å². The summed E-state index contributed by atoms with van der Waals surface area (Å²) < 4.78 is 6.34. The summed E-state index contributed by atoms with van der Waals surface area (Å²) in [5.41, 5.74) is 18.3. The summed E-state index contributed by atoms with van der Waals surface area (Å²) in [5, 5.41) is 0. The molecule has 308 valence electrons. The van der Waals surface area contributed by atoms with Crippen LogP contribution in [0.1, 0.15) is 27.8 Å². The molecule has 0 aromatic heterocycles. The fourth-order valence-corrected chi connectivity index (χ4v) is 9.63. The molecule has 10 aromatic rings. The van der Waals surface area contributed by atoms with Gasteiger partial charge >= 0.3 is 0 Å². The van der Waals surface area contributed by atoms with Crippen LogP contribution in [0.3, 0.4) is 0 Å². The highest BCUT2D eigenvalue weighted by molar-refractivity contribution is 5.89. The molecule has 1 aliphatic carbocycles. The maximum atomic E-state index is 6.34. The highest BCUT2D eigenvalue weighted by Gasteiger charge is 2.46. The Labute approximate surface area is 381 Å². The third-order valence-corrected chi connectivity index (χ3v) is 12.8. The van der Waals surface area contributed by atoms with E-state index < -0.39 is 5.41 Å². The maximum absolute atomic E-state index is 6.34. The summed E-state index contributed by atoms with van der Waals surface area (Å²) in [4.78, 5) is 2.34. The number of hydrogen-bond acceptors (Lipinski definition) is 2. The van der Waals surface area contributed by atoms with E-state index in [0.717, 1.165) is 45.3 Å². The van der Waals surface area contributed by atoms with Crippen molar-refractivity contribution in [3.05, 3.63) is 289 Å². The number of hydrogen-bond donors (Lipinski definition) is 0. The first kappa shape index (κ1) is 39.4. The smallest absolute Gasteiger partial charge is 0.127 e. The minimum atomic E-state index is -0.554. The second kappa shape index (κ2) is 17.0. The Morgan fingerprint density at radius 1 is 0.338 bits per heavy atom. The van der Waals surface area contributed by atoms with Gasteiger partial charge in [0.1, 0.15) is 11.5 Å². The van der Waals surface area contributed by atoms with Crippen LogP contribution >= 0.6 is 0 Å². The Morgan fingerprint density at radius 2 is 0.738 bits per heavy atom. The van der Waals surface area contributed by atoms with Gasteiger partial charge in [-0.25, -0.2) is 0 Å². The maximum Gasteiger partial charge on any atom is 0.127 e. The van der Waals surface area contributed by atoms with Gasteiger partial charge < -0.3 is 9.64 Å². The second-order valence-electron chi connectivity index (χ2n) is 16.5. The fourth-order valence-electron chi connectivity index (χ4n) is 9.63. The van der Waals surface area contributed by atoms with Gasteiger partial charge in [0.2, 0.25) is 0 Å². The molecule has 0 amide bonds. The molecular formula is C63H45NO. The topological polar surface area (TPSA) is 12.5 Å². The third kappa shape index (κ3) is 7.31. The van der Waals surface area contributed by atoms with Gasteiger partial charge in [0.05, 0.1) is 5.41 Å². The van der Waals surface area contributed by atoms with Crippen molar-refractivity contribution in [1.29, 1.82) is 0 Å². The van der Waals surface area contributed by atoms with Crippen LogP contribution in [0.5, 0.6) is 11.5 Å². The number of ether oxygens (including phenoxy) is 1. The second-order valence-corrected chi connectivity index (χ2v) is 16.5. The molecule has 1 unspecified atom stereocenters. The summed E-state index contributed by atoms with van der Waals surface area (Å²) in [6.45, 7) is 3.89. The molecule has 0 saturated carbocycles. The van der Waals surface area contributed by atoms with E-state index in [2.05, 4.69) is 242 Å². The lowest BCUT2D eigenvalue weighted by molar-refractivity contribution is 0.482. The van der Waals surface area contributed by atoms with Crippen LogP contribution in [0.25, 0.3) is 50.6 Å². The Morgan fingerprint density at radius 3 is 1.26 bits per heavy atom. The molecular weight excluding hydrogens is 787 g/mol. The molecule has 65 heavy (non-hydrogen) atoms. The van der Waals surface area contributed by atoms with E-state index in [1.54, 1.807) is 0 Å². The van der Waals surface area contributed by atoms with E-state index in [4.69, 9.17) is 4.74 Å². The van der Waals surface area contributed by atoms with Crippen molar-refractivity contribution < 1.29 is 4.74 Å². The Hall–Kier alpha value is -8.46. The van der Waals surface area contributed by atoms with E-state index in [0.29, 0.717) is 0 Å². The lowest BCUT2D eigenvalue weighted by Gasteiger charge is -2.34. The van der Waals surface area contributed by atoms with E-state index in [-0.39, 0.29) is 0 Å². The normalized spacial score (nSPS) is 13.7. The van der Waals surface area contributed by atoms with Crippen LogP contribution in [0.15, 0.2) is 261 Å². The molecule has 0 N–H and O–H groups in total. The van der Waals surface area contributed by atoms with Crippen molar-refractivity contribution in [3.63, 3.8) is 0 Å². The standard InChI is InChI=1S/C63H45NO/c1-2-45-22-39-57(40-23-45)65-58-41-31-53(32-42-58)63(52-18-10-5-11-19-52)61-21-13-12-20-59(61)60-43-30-51(44-62(60)63)50-28-37-56(38-29-50)64(54-33-24-48(25-34-54)46-14-6-3-7-15-46)55-35-26-49(27-36-55)47-16-8-4-9-17-47/h2-44H,1H2. The zero-order valence-electron chi connectivity index (χ0n) is 35.9. The van der Waals surface area contributed by atoms with Crippen molar-refractivity contribution in [1.82, 2.24) is 0 Å². The predicted molar refractivity (Wildman–Crippen MR) is 271 cm³/mol. The van der Waals surface area contributed by atoms with Crippen LogP contribution in [0.2, 0.25) is 0 Å². The Balaban J connectivity index is 0.984. The van der Waals surface area contributed by atoms with Crippen LogP contribution < -0.4 is 9.64 Å². The lowest BCUT2D eigenvalue weighted by Crippen LogP contribution is -2.28. The summed E-state index contributed by atoms with van der Waals surface area (Å²) >= 11 is 0. The van der Waals surface area contributed by atoms with Crippen molar-refractivity contribution in [3.8, 4) is 56.0 Å². The Kier molecular flexibility index (Phi) is 10.3. The van der Waals surface area contributed by atoms with Crippen molar-refractivity contribution >= 4 is 23.1 Å². The van der Waals surface area contributed by atoms with Gasteiger partial charge in [-0.1, -0.05) is 201 Å². The zero-order chi connectivity index (χ0) is 43.6. The first-order valence-corrected chi connectivity index (χ1v) is 22.2. The van der Waals surface area contributed by atoms with Gasteiger partial charge in [0.25, 0.3) is 0 Å². The molecule has 11 rings (SSSR count). The van der Waals surface area contributed by atoms with E-state index in [9.17, 15) is 0 Å². The van der Waals surface area contributed by atoms with Gasteiger partial charge in [0.15, 0.2) is 0 Å². The molecule has 10 aromatic carbocycles. The van der Waals surface area contributed by atoms with Crippen LogP contribution in [-0.2, 0) is 5.41 Å². The molecule has 0 aliphatic heterocycles. The van der Waals surface area contributed by atoms with E-state index in [1.165, 1.54) is 55.6 Å². The van der Waals surface area contributed by atoms with Gasteiger partial charge in [0, 0.05) is 17.1 Å². The minimum absolute atomic E-state index is 0.554. The first-order valence-electron chi connectivity index (χ1n) is 22.2. The molecule has 2 nitrogen and oxygen atoms in total. The number of fused-ring (bicyclic) bond motifs is 3. The molecule has 0 heterocycles. The SMILES string of the molecule is C=Cc1ccc(Oc2ccc(C3(c4ccccc4)c4ccccc4-c4ccc(-c5ccc(N(c6ccc(-c7ccccc7)cc6)c6ccc(-c7ccccc7)cc6)cc5)cc43)cc2)cc1. The van der Waals surface area contributed by atoms with Gasteiger partial charge in [-0.2, -0.15) is 0 Å². The molecule has 0 bridgehead atoms. The molecule has 0 saturated heterocycles. The number of nitrogens with zero attached hydrogens (tertiary/aromatic N) is 1. The van der Waals surface area contributed by atoms with Crippen molar-refractivity contribution in [2.75, 3.05) is 4.90 Å². The fraction of sp³-hybridized carbons (Fsp3) is 0.0159. The summed E-state index contributed by atoms with van der Waals surface area (Å²) in [7, 11) is 0.